The molecule has 0 bridgehead atoms. The lowest BCUT2D eigenvalue weighted by molar-refractivity contribution is -0.384. The van der Waals surface area contributed by atoms with Gasteiger partial charge in [0.1, 0.15) is 0 Å². The molecule has 0 saturated carbocycles. The van der Waals surface area contributed by atoms with Crippen molar-refractivity contribution >= 4 is 11.7 Å². The summed E-state index contributed by atoms with van der Waals surface area (Å²) in [5, 5.41) is 24.7. The minimum absolute atomic E-state index is 0.00979. The highest BCUT2D eigenvalue weighted by Crippen LogP contribution is 2.11. The van der Waals surface area contributed by atoms with Crippen molar-refractivity contribution in [3.63, 3.8) is 0 Å². The summed E-state index contributed by atoms with van der Waals surface area (Å²) in [5.41, 5.74) is 2.14. The number of rotatable bonds is 5. The molecule has 23 heavy (non-hydrogen) atoms. The van der Waals surface area contributed by atoms with Crippen molar-refractivity contribution in [1.29, 1.82) is 5.26 Å². The quantitative estimate of drug-likeness (QED) is 0.653. The summed E-state index contributed by atoms with van der Waals surface area (Å²) < 4.78 is 0. The molecule has 0 aliphatic heterocycles. The molecule has 0 aromatic heterocycles. The van der Waals surface area contributed by atoms with E-state index < -0.39 is 4.92 Å². The minimum Gasteiger partial charge on any atom is -0.334 e. The van der Waals surface area contributed by atoms with Crippen LogP contribution in [0.5, 0.6) is 0 Å². The molecule has 0 radical (unpaired) electrons. The molecule has 0 unspecified atom stereocenters. The third-order valence-electron chi connectivity index (χ3n) is 3.11. The van der Waals surface area contributed by atoms with Gasteiger partial charge in [-0.25, -0.2) is 4.79 Å². The Kier molecular flexibility index (Phi) is 5.25. The maximum absolute atomic E-state index is 11.7. The Hall–Kier alpha value is -3.40. The number of benzene rings is 2. The van der Waals surface area contributed by atoms with E-state index in [1.807, 2.05) is 12.1 Å². The van der Waals surface area contributed by atoms with Crippen LogP contribution in [0, 0.1) is 21.4 Å². The summed E-state index contributed by atoms with van der Waals surface area (Å²) in [6, 6.07) is 14.6. The van der Waals surface area contributed by atoms with Crippen LogP contribution in [0.4, 0.5) is 10.5 Å². The van der Waals surface area contributed by atoms with E-state index in [2.05, 4.69) is 10.6 Å². The molecule has 2 rings (SSSR count). The maximum Gasteiger partial charge on any atom is 0.315 e. The van der Waals surface area contributed by atoms with E-state index in [-0.39, 0.29) is 18.3 Å². The first-order valence-corrected chi connectivity index (χ1v) is 6.82. The second-order valence-electron chi connectivity index (χ2n) is 4.77. The average Bonchev–Trinajstić information content (AvgIpc) is 2.58. The summed E-state index contributed by atoms with van der Waals surface area (Å²) in [4.78, 5) is 21.8. The van der Waals surface area contributed by atoms with Crippen molar-refractivity contribution in [3.8, 4) is 6.07 Å². The van der Waals surface area contributed by atoms with Gasteiger partial charge in [-0.1, -0.05) is 24.3 Å². The molecule has 2 aromatic rings. The zero-order chi connectivity index (χ0) is 16.7. The lowest BCUT2D eigenvalue weighted by atomic mass is 10.1. The van der Waals surface area contributed by atoms with Gasteiger partial charge in [0, 0.05) is 25.2 Å². The van der Waals surface area contributed by atoms with Crippen molar-refractivity contribution in [2.45, 2.75) is 13.1 Å². The molecule has 7 heteroatoms. The van der Waals surface area contributed by atoms with Gasteiger partial charge < -0.3 is 10.6 Å². The minimum atomic E-state index is -0.473. The highest BCUT2D eigenvalue weighted by Gasteiger charge is 2.05. The predicted octanol–water partition coefficient (Wildman–Crippen LogP) is 2.47. The van der Waals surface area contributed by atoms with Crippen LogP contribution in [-0.2, 0) is 13.1 Å². The smallest absolute Gasteiger partial charge is 0.315 e. The number of urea groups is 1. The van der Waals surface area contributed by atoms with E-state index in [9.17, 15) is 14.9 Å². The van der Waals surface area contributed by atoms with E-state index in [1.165, 1.54) is 12.1 Å². The van der Waals surface area contributed by atoms with Crippen LogP contribution in [0.25, 0.3) is 0 Å². The molecule has 0 heterocycles. The highest BCUT2D eigenvalue weighted by atomic mass is 16.6. The van der Waals surface area contributed by atoms with Crippen LogP contribution in [0.1, 0.15) is 16.7 Å². The summed E-state index contributed by atoms with van der Waals surface area (Å²) >= 11 is 0. The molecule has 0 spiro atoms. The molecule has 0 aliphatic carbocycles. The van der Waals surface area contributed by atoms with Crippen molar-refractivity contribution in [2.75, 3.05) is 0 Å². The Bertz CT molecular complexity index is 751. The maximum atomic E-state index is 11.7. The van der Waals surface area contributed by atoms with Gasteiger partial charge in [0.15, 0.2) is 0 Å². The number of amides is 2. The first-order chi connectivity index (χ1) is 11.1. The van der Waals surface area contributed by atoms with E-state index in [1.54, 1.807) is 30.3 Å². The van der Waals surface area contributed by atoms with Crippen molar-refractivity contribution < 1.29 is 9.72 Å². The molecular formula is C16H14N4O3. The van der Waals surface area contributed by atoms with Crippen LogP contribution in [0.3, 0.4) is 0 Å². The molecule has 0 saturated heterocycles. The van der Waals surface area contributed by atoms with E-state index in [0.717, 1.165) is 11.1 Å². The topological polar surface area (TPSA) is 108 Å². The molecule has 0 atom stereocenters. The van der Waals surface area contributed by atoms with Gasteiger partial charge in [-0.15, -0.1) is 0 Å². The molecule has 0 aliphatic rings. The molecular weight excluding hydrogens is 296 g/mol. The average molecular weight is 310 g/mol. The van der Waals surface area contributed by atoms with E-state index in [0.29, 0.717) is 12.1 Å². The van der Waals surface area contributed by atoms with Crippen LogP contribution in [0.15, 0.2) is 48.5 Å². The summed E-state index contributed by atoms with van der Waals surface area (Å²) in [7, 11) is 0. The monoisotopic (exact) mass is 310 g/mol. The largest absolute Gasteiger partial charge is 0.334 e. The number of nitriles is 1. The number of hydrogen-bond acceptors (Lipinski definition) is 4. The number of hydrogen-bond donors (Lipinski definition) is 2. The zero-order valence-corrected chi connectivity index (χ0v) is 12.2. The third-order valence-corrected chi connectivity index (χ3v) is 3.11. The van der Waals surface area contributed by atoms with Gasteiger partial charge >= 0.3 is 6.03 Å². The predicted molar refractivity (Wildman–Crippen MR) is 83.3 cm³/mol. The Morgan fingerprint density at radius 2 is 1.74 bits per heavy atom. The van der Waals surface area contributed by atoms with Crippen molar-refractivity contribution in [3.05, 3.63) is 75.3 Å². The molecule has 7 nitrogen and oxygen atoms in total. The first kappa shape index (κ1) is 16.0. The van der Waals surface area contributed by atoms with E-state index >= 15 is 0 Å². The number of non-ortho nitro benzene ring substituents is 1. The van der Waals surface area contributed by atoms with Gasteiger partial charge in [-0.2, -0.15) is 5.26 Å². The fourth-order valence-electron chi connectivity index (χ4n) is 1.91. The Morgan fingerprint density at radius 1 is 1.09 bits per heavy atom. The lowest BCUT2D eigenvalue weighted by Crippen LogP contribution is -2.34. The summed E-state index contributed by atoms with van der Waals surface area (Å²) in [5.74, 6) is 0. The highest BCUT2D eigenvalue weighted by molar-refractivity contribution is 5.73. The second-order valence-corrected chi connectivity index (χ2v) is 4.77. The molecule has 2 amide bonds. The SMILES string of the molecule is N#Cc1cccc(CNC(=O)NCc2ccc([N+](=O)[O-])cc2)c1. The zero-order valence-electron chi connectivity index (χ0n) is 12.2. The van der Waals surface area contributed by atoms with E-state index in [4.69, 9.17) is 5.26 Å². The van der Waals surface area contributed by atoms with Gasteiger partial charge in [-0.05, 0) is 23.3 Å². The van der Waals surface area contributed by atoms with Crippen LogP contribution >= 0.6 is 0 Å². The van der Waals surface area contributed by atoms with Gasteiger partial charge in [0.25, 0.3) is 5.69 Å². The molecule has 2 N–H and O–H groups in total. The van der Waals surface area contributed by atoms with Gasteiger partial charge in [-0.3, -0.25) is 10.1 Å². The second kappa shape index (κ2) is 7.56. The standard InChI is InChI=1S/C16H14N4O3/c17-9-13-2-1-3-14(8-13)11-19-16(21)18-10-12-4-6-15(7-5-12)20(22)23/h1-8H,10-11H2,(H2,18,19,21). The Morgan fingerprint density at radius 3 is 2.35 bits per heavy atom. The van der Waals surface area contributed by atoms with Crippen molar-refractivity contribution in [2.24, 2.45) is 0 Å². The third kappa shape index (κ3) is 4.82. The Balaban J connectivity index is 1.80. The number of nitrogens with zero attached hydrogens (tertiary/aromatic N) is 2. The fourth-order valence-corrected chi connectivity index (χ4v) is 1.91. The molecule has 116 valence electrons. The van der Waals surface area contributed by atoms with Gasteiger partial charge in [0.2, 0.25) is 0 Å². The number of nitro groups is 1. The van der Waals surface area contributed by atoms with Gasteiger partial charge in [0.05, 0.1) is 16.6 Å². The summed E-state index contributed by atoms with van der Waals surface area (Å²) in [6.07, 6.45) is 0. The number of nitro benzene ring substituents is 1. The molecule has 0 fully saturated rings. The first-order valence-electron chi connectivity index (χ1n) is 6.82. The summed E-state index contributed by atoms with van der Waals surface area (Å²) in [6.45, 7) is 0.573. The number of carbonyl (C=O) groups is 1. The van der Waals surface area contributed by atoms with Crippen molar-refractivity contribution in [1.82, 2.24) is 10.6 Å². The van der Waals surface area contributed by atoms with Crippen LogP contribution < -0.4 is 10.6 Å². The number of nitrogens with one attached hydrogen (secondary N) is 2. The number of carbonyl (C=O) groups excluding carboxylic acids is 1. The lowest BCUT2D eigenvalue weighted by Gasteiger charge is -2.08. The van der Waals surface area contributed by atoms with Crippen LogP contribution in [-0.4, -0.2) is 11.0 Å². The van der Waals surface area contributed by atoms with Crippen LogP contribution in [0.2, 0.25) is 0 Å². The normalized spacial score (nSPS) is 9.70. The Labute approximate surface area is 132 Å². The fraction of sp³-hybridized carbons (Fsp3) is 0.125. The molecule has 2 aromatic carbocycles.